The molecule has 1 atom stereocenters. The second-order valence-electron chi connectivity index (χ2n) is 4.65. The number of H-pyrrole nitrogens is 1. The van der Waals surface area contributed by atoms with Crippen molar-refractivity contribution < 1.29 is 5.11 Å². The second kappa shape index (κ2) is 4.34. The normalized spacial score (nSPS) is 16.5. The number of fused-ring (bicyclic) bond motifs is 1. The molecule has 2 aromatic rings. The van der Waals surface area contributed by atoms with Crippen molar-refractivity contribution in [3.63, 3.8) is 0 Å². The van der Waals surface area contributed by atoms with Gasteiger partial charge < -0.3 is 5.11 Å². The number of aliphatic hydroxyl groups is 1. The molecular weight excluding hydrogens is 212 g/mol. The van der Waals surface area contributed by atoms with Crippen molar-refractivity contribution in [1.29, 1.82) is 0 Å². The van der Waals surface area contributed by atoms with E-state index in [1.54, 1.807) is 6.20 Å². The first-order valence-electron chi connectivity index (χ1n) is 6.13. The molecule has 3 rings (SSSR count). The third-order valence-corrected chi connectivity index (χ3v) is 3.51. The number of aromatic nitrogens is 2. The minimum atomic E-state index is -0.593. The molecule has 1 heterocycles. The standard InChI is InChI=1S/C14H16N2O/c17-14(13-7-8-15-16-13)12-6-5-10-3-1-2-4-11(10)9-12/h5-9,14,17H,1-4H2,(H,15,16). The van der Waals surface area contributed by atoms with Crippen molar-refractivity contribution in [3.8, 4) is 0 Å². The van der Waals surface area contributed by atoms with E-state index >= 15 is 0 Å². The van der Waals surface area contributed by atoms with Gasteiger partial charge in [-0.25, -0.2) is 0 Å². The highest BCUT2D eigenvalue weighted by Gasteiger charge is 2.15. The highest BCUT2D eigenvalue weighted by Crippen LogP contribution is 2.26. The molecule has 0 amide bonds. The molecular formula is C14H16N2O. The fourth-order valence-corrected chi connectivity index (χ4v) is 2.52. The van der Waals surface area contributed by atoms with Crippen molar-refractivity contribution in [2.75, 3.05) is 0 Å². The average molecular weight is 228 g/mol. The van der Waals surface area contributed by atoms with E-state index in [0.29, 0.717) is 0 Å². The molecule has 0 saturated carbocycles. The van der Waals surface area contributed by atoms with Gasteiger partial charge in [0.1, 0.15) is 6.10 Å². The summed E-state index contributed by atoms with van der Waals surface area (Å²) < 4.78 is 0. The average Bonchev–Trinajstić information content (AvgIpc) is 2.91. The first kappa shape index (κ1) is 10.5. The molecule has 0 spiro atoms. The van der Waals surface area contributed by atoms with Gasteiger partial charge in [0.15, 0.2) is 0 Å². The Morgan fingerprint density at radius 1 is 1.12 bits per heavy atom. The summed E-state index contributed by atoms with van der Waals surface area (Å²) in [6.07, 6.45) is 5.93. The molecule has 1 aliphatic carbocycles. The van der Waals surface area contributed by atoms with E-state index in [2.05, 4.69) is 22.3 Å². The lowest BCUT2D eigenvalue weighted by molar-refractivity contribution is 0.215. The maximum atomic E-state index is 10.2. The van der Waals surface area contributed by atoms with Gasteiger partial charge in [0, 0.05) is 6.20 Å². The van der Waals surface area contributed by atoms with E-state index in [1.165, 1.54) is 30.4 Å². The molecule has 0 bridgehead atoms. The zero-order valence-electron chi connectivity index (χ0n) is 9.69. The van der Waals surface area contributed by atoms with Crippen LogP contribution in [0.25, 0.3) is 0 Å². The van der Waals surface area contributed by atoms with Gasteiger partial charge in [0.2, 0.25) is 0 Å². The zero-order chi connectivity index (χ0) is 11.7. The molecule has 0 saturated heterocycles. The molecule has 88 valence electrons. The number of nitrogens with zero attached hydrogens (tertiary/aromatic N) is 1. The van der Waals surface area contributed by atoms with Crippen molar-refractivity contribution in [2.24, 2.45) is 0 Å². The van der Waals surface area contributed by atoms with Gasteiger partial charge >= 0.3 is 0 Å². The van der Waals surface area contributed by atoms with Gasteiger partial charge in [-0.05, 0) is 48.4 Å². The van der Waals surface area contributed by atoms with Crippen LogP contribution < -0.4 is 0 Å². The number of aliphatic hydroxyl groups excluding tert-OH is 1. The first-order valence-corrected chi connectivity index (χ1v) is 6.13. The number of aromatic amines is 1. The number of nitrogens with one attached hydrogen (secondary N) is 1. The minimum absolute atomic E-state index is 0.593. The van der Waals surface area contributed by atoms with Gasteiger partial charge in [0.25, 0.3) is 0 Å². The van der Waals surface area contributed by atoms with E-state index in [9.17, 15) is 5.11 Å². The fraction of sp³-hybridized carbons (Fsp3) is 0.357. The van der Waals surface area contributed by atoms with Crippen LogP contribution in [0.1, 0.15) is 41.3 Å². The highest BCUT2D eigenvalue weighted by atomic mass is 16.3. The summed E-state index contributed by atoms with van der Waals surface area (Å²) in [5.74, 6) is 0. The number of hydrogen-bond donors (Lipinski definition) is 2. The summed E-state index contributed by atoms with van der Waals surface area (Å²) in [6.45, 7) is 0. The van der Waals surface area contributed by atoms with E-state index in [4.69, 9.17) is 0 Å². The lowest BCUT2D eigenvalue weighted by Gasteiger charge is -2.18. The SMILES string of the molecule is OC(c1ccc2c(c1)CCCC2)c1ccn[nH]1. The molecule has 1 aromatic heterocycles. The van der Waals surface area contributed by atoms with Crippen LogP contribution in [0.15, 0.2) is 30.5 Å². The smallest absolute Gasteiger partial charge is 0.120 e. The van der Waals surface area contributed by atoms with Crippen molar-refractivity contribution in [2.45, 2.75) is 31.8 Å². The molecule has 1 aromatic carbocycles. The molecule has 0 aliphatic heterocycles. The van der Waals surface area contributed by atoms with Crippen LogP contribution in [0.5, 0.6) is 0 Å². The number of rotatable bonds is 2. The van der Waals surface area contributed by atoms with Gasteiger partial charge in [-0.15, -0.1) is 0 Å². The summed E-state index contributed by atoms with van der Waals surface area (Å²) in [5, 5.41) is 16.9. The zero-order valence-corrected chi connectivity index (χ0v) is 9.69. The maximum Gasteiger partial charge on any atom is 0.120 e. The fourth-order valence-electron chi connectivity index (χ4n) is 2.52. The Bertz CT molecular complexity index is 505. The molecule has 3 heteroatoms. The largest absolute Gasteiger partial charge is 0.382 e. The third kappa shape index (κ3) is 1.98. The van der Waals surface area contributed by atoms with Crippen molar-refractivity contribution >= 4 is 0 Å². The number of benzene rings is 1. The van der Waals surface area contributed by atoms with Crippen LogP contribution >= 0.6 is 0 Å². The van der Waals surface area contributed by atoms with Crippen LogP contribution in [0.4, 0.5) is 0 Å². The summed E-state index contributed by atoms with van der Waals surface area (Å²) in [6, 6.07) is 8.13. The topological polar surface area (TPSA) is 48.9 Å². The van der Waals surface area contributed by atoms with Crippen LogP contribution in [0.2, 0.25) is 0 Å². The number of aryl methyl sites for hydroxylation is 2. The second-order valence-corrected chi connectivity index (χ2v) is 4.65. The van der Waals surface area contributed by atoms with Gasteiger partial charge in [-0.1, -0.05) is 18.2 Å². The van der Waals surface area contributed by atoms with Gasteiger partial charge in [-0.3, -0.25) is 5.10 Å². The van der Waals surface area contributed by atoms with E-state index < -0.39 is 6.10 Å². The molecule has 0 radical (unpaired) electrons. The predicted octanol–water partition coefficient (Wildman–Crippen LogP) is 2.37. The minimum Gasteiger partial charge on any atom is -0.382 e. The van der Waals surface area contributed by atoms with Crippen LogP contribution in [-0.4, -0.2) is 15.3 Å². The molecule has 17 heavy (non-hydrogen) atoms. The Hall–Kier alpha value is -1.61. The number of hydrogen-bond acceptors (Lipinski definition) is 2. The Morgan fingerprint density at radius 2 is 1.94 bits per heavy atom. The van der Waals surface area contributed by atoms with E-state index in [0.717, 1.165) is 17.7 Å². The highest BCUT2D eigenvalue weighted by molar-refractivity contribution is 5.36. The van der Waals surface area contributed by atoms with Crippen LogP contribution in [-0.2, 0) is 12.8 Å². The summed E-state index contributed by atoms with van der Waals surface area (Å²) in [4.78, 5) is 0. The predicted molar refractivity (Wildman–Crippen MR) is 65.7 cm³/mol. The Kier molecular flexibility index (Phi) is 2.69. The molecule has 1 aliphatic rings. The van der Waals surface area contributed by atoms with Crippen molar-refractivity contribution in [1.82, 2.24) is 10.2 Å². The summed E-state index contributed by atoms with van der Waals surface area (Å²) in [7, 11) is 0. The van der Waals surface area contributed by atoms with E-state index in [1.807, 2.05) is 12.1 Å². The summed E-state index contributed by atoms with van der Waals surface area (Å²) >= 11 is 0. The monoisotopic (exact) mass is 228 g/mol. The Labute approximate surface area is 100 Å². The summed E-state index contributed by atoms with van der Waals surface area (Å²) in [5.41, 5.74) is 4.54. The van der Waals surface area contributed by atoms with Crippen LogP contribution in [0, 0.1) is 0 Å². The van der Waals surface area contributed by atoms with Gasteiger partial charge in [0.05, 0.1) is 5.69 Å². The first-order chi connectivity index (χ1) is 8.34. The van der Waals surface area contributed by atoms with Gasteiger partial charge in [-0.2, -0.15) is 5.10 Å². The Morgan fingerprint density at radius 3 is 2.71 bits per heavy atom. The quantitative estimate of drug-likeness (QED) is 0.829. The third-order valence-electron chi connectivity index (χ3n) is 3.51. The lowest BCUT2D eigenvalue weighted by Crippen LogP contribution is -2.06. The molecule has 2 N–H and O–H groups in total. The maximum absolute atomic E-state index is 10.2. The van der Waals surface area contributed by atoms with E-state index in [-0.39, 0.29) is 0 Å². The van der Waals surface area contributed by atoms with Crippen molar-refractivity contribution in [3.05, 3.63) is 52.8 Å². The molecule has 1 unspecified atom stereocenters. The lowest BCUT2D eigenvalue weighted by atomic mass is 9.89. The molecule has 0 fully saturated rings. The molecule has 3 nitrogen and oxygen atoms in total. The van der Waals surface area contributed by atoms with Crippen LogP contribution in [0.3, 0.4) is 0 Å². The Balaban J connectivity index is 1.93.